The minimum absolute atomic E-state index is 0.456. The van der Waals surface area contributed by atoms with Crippen molar-refractivity contribution in [3.63, 3.8) is 0 Å². The zero-order chi connectivity index (χ0) is 12.8. The molecule has 0 bridgehead atoms. The van der Waals surface area contributed by atoms with Gasteiger partial charge in [-0.25, -0.2) is 4.98 Å². The zero-order valence-corrected chi connectivity index (χ0v) is 11.3. The molecule has 0 amide bonds. The third-order valence-electron chi connectivity index (χ3n) is 3.22. The Morgan fingerprint density at radius 2 is 1.94 bits per heavy atom. The number of unbranched alkanes of at least 4 members (excludes halogenated alkanes) is 1. The van der Waals surface area contributed by atoms with E-state index in [2.05, 4.69) is 19.8 Å². The van der Waals surface area contributed by atoms with Gasteiger partial charge in [0.2, 0.25) is 0 Å². The van der Waals surface area contributed by atoms with Crippen molar-refractivity contribution in [2.45, 2.75) is 12.8 Å². The van der Waals surface area contributed by atoms with Crippen molar-refractivity contribution in [2.75, 3.05) is 44.2 Å². The molecule has 1 aliphatic heterocycles. The Morgan fingerprint density at radius 3 is 2.61 bits per heavy atom. The lowest BCUT2D eigenvalue weighted by atomic mass is 10.2. The lowest BCUT2D eigenvalue weighted by Crippen LogP contribution is -2.47. The normalized spacial score (nSPS) is 17.1. The third-order valence-corrected chi connectivity index (χ3v) is 3.40. The van der Waals surface area contributed by atoms with Crippen LogP contribution in [0, 0.1) is 0 Å². The molecule has 0 aromatic carbocycles. The number of hydrogen-bond donors (Lipinski definition) is 1. The molecule has 0 unspecified atom stereocenters. The third kappa shape index (κ3) is 3.80. The summed E-state index contributed by atoms with van der Waals surface area (Å²) in [6.07, 6.45) is 5.64. The first-order chi connectivity index (χ1) is 8.79. The van der Waals surface area contributed by atoms with E-state index < -0.39 is 0 Å². The van der Waals surface area contributed by atoms with E-state index >= 15 is 0 Å². The van der Waals surface area contributed by atoms with Crippen LogP contribution in [0.4, 0.5) is 5.82 Å². The van der Waals surface area contributed by atoms with E-state index in [-0.39, 0.29) is 0 Å². The Hall–Kier alpha value is -0.910. The summed E-state index contributed by atoms with van der Waals surface area (Å²) in [6.45, 7) is 6.04. The number of nitrogens with zero attached hydrogens (tertiary/aromatic N) is 4. The molecule has 6 heteroatoms. The summed E-state index contributed by atoms with van der Waals surface area (Å²) < 4.78 is 0. The summed E-state index contributed by atoms with van der Waals surface area (Å²) in [7, 11) is 0. The minimum atomic E-state index is 0.456. The van der Waals surface area contributed by atoms with Crippen molar-refractivity contribution in [1.82, 2.24) is 14.9 Å². The molecule has 1 aliphatic rings. The van der Waals surface area contributed by atoms with Crippen LogP contribution in [0.2, 0.25) is 5.15 Å². The van der Waals surface area contributed by atoms with E-state index in [1.54, 1.807) is 12.4 Å². The highest BCUT2D eigenvalue weighted by molar-refractivity contribution is 6.29. The predicted octanol–water partition coefficient (Wildman–Crippen LogP) is 0.991. The summed E-state index contributed by atoms with van der Waals surface area (Å²) >= 11 is 5.85. The van der Waals surface area contributed by atoms with Gasteiger partial charge in [0.25, 0.3) is 0 Å². The minimum Gasteiger partial charge on any atom is -0.353 e. The van der Waals surface area contributed by atoms with Crippen LogP contribution < -0.4 is 10.6 Å². The highest BCUT2D eigenvalue weighted by Crippen LogP contribution is 2.14. The second kappa shape index (κ2) is 6.87. The van der Waals surface area contributed by atoms with Gasteiger partial charge in [0, 0.05) is 26.2 Å². The number of nitrogens with two attached hydrogens (primary N) is 1. The molecule has 0 saturated carbocycles. The second-order valence-electron chi connectivity index (χ2n) is 4.52. The number of halogens is 1. The van der Waals surface area contributed by atoms with Crippen LogP contribution in [-0.2, 0) is 0 Å². The molecule has 1 aromatic rings. The number of aromatic nitrogens is 2. The van der Waals surface area contributed by atoms with Crippen molar-refractivity contribution >= 4 is 17.4 Å². The van der Waals surface area contributed by atoms with Crippen LogP contribution in [0.15, 0.2) is 12.4 Å². The van der Waals surface area contributed by atoms with Gasteiger partial charge in [0.15, 0.2) is 0 Å². The maximum absolute atomic E-state index is 5.85. The molecule has 18 heavy (non-hydrogen) atoms. The van der Waals surface area contributed by atoms with Gasteiger partial charge < -0.3 is 10.6 Å². The van der Waals surface area contributed by atoms with Gasteiger partial charge >= 0.3 is 0 Å². The van der Waals surface area contributed by atoms with Gasteiger partial charge in [-0.2, -0.15) is 0 Å². The first kappa shape index (κ1) is 13.5. The van der Waals surface area contributed by atoms with E-state index in [9.17, 15) is 0 Å². The summed E-state index contributed by atoms with van der Waals surface area (Å²) in [5.74, 6) is 0.879. The van der Waals surface area contributed by atoms with Crippen LogP contribution in [0.3, 0.4) is 0 Å². The first-order valence-electron chi connectivity index (χ1n) is 6.44. The first-order valence-corrected chi connectivity index (χ1v) is 6.82. The number of rotatable bonds is 5. The lowest BCUT2D eigenvalue weighted by Gasteiger charge is -2.35. The molecule has 100 valence electrons. The molecule has 1 aromatic heterocycles. The fourth-order valence-electron chi connectivity index (χ4n) is 2.17. The number of hydrogen-bond acceptors (Lipinski definition) is 5. The van der Waals surface area contributed by atoms with E-state index in [0.717, 1.165) is 51.5 Å². The monoisotopic (exact) mass is 269 g/mol. The molecular weight excluding hydrogens is 250 g/mol. The van der Waals surface area contributed by atoms with Gasteiger partial charge in [0.05, 0.1) is 12.4 Å². The molecule has 1 fully saturated rings. The van der Waals surface area contributed by atoms with Gasteiger partial charge in [-0.3, -0.25) is 9.88 Å². The molecule has 0 spiro atoms. The Kier molecular flexibility index (Phi) is 5.16. The SMILES string of the molecule is NCCCCN1CCN(c2cncc(Cl)n2)CC1. The average Bonchev–Trinajstić information content (AvgIpc) is 2.40. The van der Waals surface area contributed by atoms with Crippen LogP contribution >= 0.6 is 11.6 Å². The van der Waals surface area contributed by atoms with Crippen molar-refractivity contribution in [2.24, 2.45) is 5.73 Å². The largest absolute Gasteiger partial charge is 0.353 e. The fourth-order valence-corrected chi connectivity index (χ4v) is 2.31. The second-order valence-corrected chi connectivity index (χ2v) is 4.91. The Balaban J connectivity index is 1.79. The van der Waals surface area contributed by atoms with E-state index in [1.165, 1.54) is 6.42 Å². The van der Waals surface area contributed by atoms with Gasteiger partial charge in [0.1, 0.15) is 11.0 Å². The highest BCUT2D eigenvalue weighted by atomic mass is 35.5. The molecular formula is C12H20ClN5. The topological polar surface area (TPSA) is 58.3 Å². The van der Waals surface area contributed by atoms with Gasteiger partial charge in [-0.05, 0) is 25.9 Å². The summed E-state index contributed by atoms with van der Waals surface area (Å²) in [4.78, 5) is 13.1. The molecule has 0 atom stereocenters. The molecule has 2 N–H and O–H groups in total. The Bertz CT molecular complexity index is 365. The summed E-state index contributed by atoms with van der Waals surface area (Å²) in [5, 5.41) is 0.456. The van der Waals surface area contributed by atoms with E-state index in [0.29, 0.717) is 5.15 Å². The number of piperazine rings is 1. The van der Waals surface area contributed by atoms with E-state index in [1.807, 2.05) is 0 Å². The molecule has 2 heterocycles. The molecule has 1 saturated heterocycles. The quantitative estimate of drug-likeness (QED) is 0.808. The average molecular weight is 270 g/mol. The van der Waals surface area contributed by atoms with Crippen LogP contribution in [-0.4, -0.2) is 54.1 Å². The maximum Gasteiger partial charge on any atom is 0.149 e. The van der Waals surface area contributed by atoms with Gasteiger partial charge in [-0.15, -0.1) is 0 Å². The van der Waals surface area contributed by atoms with E-state index in [4.69, 9.17) is 17.3 Å². The number of anilines is 1. The van der Waals surface area contributed by atoms with Crippen LogP contribution in [0.5, 0.6) is 0 Å². The maximum atomic E-state index is 5.85. The molecule has 5 nitrogen and oxygen atoms in total. The Labute approximate surface area is 113 Å². The van der Waals surface area contributed by atoms with Crippen LogP contribution in [0.1, 0.15) is 12.8 Å². The Morgan fingerprint density at radius 1 is 1.17 bits per heavy atom. The molecule has 0 radical (unpaired) electrons. The molecule has 2 rings (SSSR count). The smallest absolute Gasteiger partial charge is 0.149 e. The van der Waals surface area contributed by atoms with Crippen molar-refractivity contribution in [3.8, 4) is 0 Å². The van der Waals surface area contributed by atoms with Crippen molar-refractivity contribution < 1.29 is 0 Å². The van der Waals surface area contributed by atoms with Crippen molar-refractivity contribution in [1.29, 1.82) is 0 Å². The van der Waals surface area contributed by atoms with Crippen molar-refractivity contribution in [3.05, 3.63) is 17.5 Å². The lowest BCUT2D eigenvalue weighted by molar-refractivity contribution is 0.253. The van der Waals surface area contributed by atoms with Crippen LogP contribution in [0.25, 0.3) is 0 Å². The highest BCUT2D eigenvalue weighted by Gasteiger charge is 2.17. The fraction of sp³-hybridized carbons (Fsp3) is 0.667. The molecule has 0 aliphatic carbocycles. The van der Waals surface area contributed by atoms with Gasteiger partial charge in [-0.1, -0.05) is 11.6 Å². The summed E-state index contributed by atoms with van der Waals surface area (Å²) in [6, 6.07) is 0. The zero-order valence-electron chi connectivity index (χ0n) is 10.6. The summed E-state index contributed by atoms with van der Waals surface area (Å²) in [5.41, 5.74) is 5.50. The predicted molar refractivity (Wildman–Crippen MR) is 74.0 cm³/mol. The standard InChI is InChI=1S/C12H20ClN5/c13-11-9-15-10-12(16-11)18-7-5-17(6-8-18)4-2-1-3-14/h9-10H,1-8,14H2.